The first kappa shape index (κ1) is 22.1. The van der Waals surface area contributed by atoms with Gasteiger partial charge in [-0.05, 0) is 38.0 Å². The van der Waals surface area contributed by atoms with Crippen molar-refractivity contribution in [3.8, 4) is 22.8 Å². The number of hydrogen-bond acceptors (Lipinski definition) is 4. The molecule has 0 aliphatic carbocycles. The average Bonchev–Trinajstić information content (AvgIpc) is 3.03. The van der Waals surface area contributed by atoms with E-state index in [2.05, 4.69) is 11.1 Å². The highest BCUT2D eigenvalue weighted by atomic mass is 16.4. The van der Waals surface area contributed by atoms with Crippen LogP contribution in [0.5, 0.6) is 11.6 Å². The number of carboxylic acids is 1. The van der Waals surface area contributed by atoms with Crippen molar-refractivity contribution >= 4 is 28.8 Å². The zero-order valence-electron chi connectivity index (χ0n) is 18.6. The first-order valence-electron chi connectivity index (χ1n) is 10.8. The van der Waals surface area contributed by atoms with Gasteiger partial charge in [0.15, 0.2) is 0 Å². The predicted molar refractivity (Wildman–Crippen MR) is 131 cm³/mol. The van der Waals surface area contributed by atoms with E-state index in [0.29, 0.717) is 29.8 Å². The van der Waals surface area contributed by atoms with Gasteiger partial charge in [0.1, 0.15) is 11.4 Å². The minimum atomic E-state index is -0.869. The number of benzene rings is 3. The van der Waals surface area contributed by atoms with Gasteiger partial charge in [0.25, 0.3) is 0 Å². The number of aromatic hydroxyl groups is 2. The molecule has 0 aliphatic heterocycles. The van der Waals surface area contributed by atoms with Crippen molar-refractivity contribution in [2.24, 2.45) is 4.99 Å². The standard InChI is InChI=1S/C27H26N2O4/c1-17-13-18(2)15-19(14-17)20-8-5-9-23(26(20)32)28-16-22-21-7-3-4-10-24(21)29(27(22)33)12-6-11-25(30)31/h3-5,7-10,13-16,32-33H,6,11-12H2,1-2H3,(H,30,31). The number of carboxylic acid groups (broad SMARTS) is 1. The number of carbonyl (C=O) groups is 1. The van der Waals surface area contributed by atoms with E-state index in [1.54, 1.807) is 16.8 Å². The SMILES string of the molecule is Cc1cc(C)cc(-c2cccc(N=Cc3c(O)n(CCCC(=O)O)c4ccccc34)c2O)c1. The Kier molecular flexibility index (Phi) is 6.18. The van der Waals surface area contributed by atoms with Crippen LogP contribution >= 0.6 is 0 Å². The molecule has 3 aromatic carbocycles. The average molecular weight is 443 g/mol. The summed E-state index contributed by atoms with van der Waals surface area (Å²) in [4.78, 5) is 15.4. The normalized spacial score (nSPS) is 11.5. The monoisotopic (exact) mass is 442 g/mol. The van der Waals surface area contributed by atoms with Crippen LogP contribution in [0.15, 0.2) is 65.7 Å². The minimum Gasteiger partial charge on any atom is -0.505 e. The van der Waals surface area contributed by atoms with Crippen molar-refractivity contribution < 1.29 is 20.1 Å². The van der Waals surface area contributed by atoms with E-state index >= 15 is 0 Å². The first-order chi connectivity index (χ1) is 15.8. The molecule has 0 unspecified atom stereocenters. The number of aryl methyl sites for hydroxylation is 3. The Balaban J connectivity index is 1.72. The van der Waals surface area contributed by atoms with Gasteiger partial charge in [-0.3, -0.25) is 9.79 Å². The fourth-order valence-electron chi connectivity index (χ4n) is 4.19. The van der Waals surface area contributed by atoms with Gasteiger partial charge in [0.2, 0.25) is 5.88 Å². The number of phenols is 1. The van der Waals surface area contributed by atoms with E-state index in [-0.39, 0.29) is 18.1 Å². The number of aromatic nitrogens is 1. The van der Waals surface area contributed by atoms with Crippen molar-refractivity contribution in [1.82, 2.24) is 4.57 Å². The summed E-state index contributed by atoms with van der Waals surface area (Å²) in [6.45, 7) is 4.41. The number of fused-ring (bicyclic) bond motifs is 1. The van der Waals surface area contributed by atoms with E-state index < -0.39 is 5.97 Å². The second-order valence-corrected chi connectivity index (χ2v) is 8.21. The van der Waals surface area contributed by atoms with Gasteiger partial charge < -0.3 is 19.9 Å². The number of phenolic OH excluding ortho intramolecular Hbond substituents is 1. The molecule has 0 fully saturated rings. The van der Waals surface area contributed by atoms with Crippen LogP contribution in [-0.2, 0) is 11.3 Å². The Bertz CT molecular complexity index is 1350. The molecule has 4 aromatic rings. The summed E-state index contributed by atoms with van der Waals surface area (Å²) in [5.74, 6) is -0.773. The highest BCUT2D eigenvalue weighted by molar-refractivity contribution is 6.03. The minimum absolute atomic E-state index is 0.0223. The number of hydrogen-bond donors (Lipinski definition) is 3. The molecule has 0 saturated carbocycles. The van der Waals surface area contributed by atoms with Crippen LogP contribution in [0.4, 0.5) is 5.69 Å². The molecule has 0 atom stereocenters. The van der Waals surface area contributed by atoms with Crippen LogP contribution in [0.2, 0.25) is 0 Å². The molecule has 0 saturated heterocycles. The lowest BCUT2D eigenvalue weighted by Gasteiger charge is -2.09. The van der Waals surface area contributed by atoms with Gasteiger partial charge in [-0.1, -0.05) is 59.7 Å². The third-order valence-electron chi connectivity index (χ3n) is 5.63. The highest BCUT2D eigenvalue weighted by Crippen LogP contribution is 2.38. The van der Waals surface area contributed by atoms with E-state index in [0.717, 1.165) is 27.6 Å². The van der Waals surface area contributed by atoms with Crippen molar-refractivity contribution in [3.05, 3.63) is 77.4 Å². The molecular formula is C27H26N2O4. The number of aliphatic imine (C=N–C) groups is 1. The highest BCUT2D eigenvalue weighted by Gasteiger charge is 2.16. The predicted octanol–water partition coefficient (Wildman–Crippen LogP) is 5.95. The summed E-state index contributed by atoms with van der Waals surface area (Å²) in [7, 11) is 0. The zero-order valence-corrected chi connectivity index (χ0v) is 18.6. The van der Waals surface area contributed by atoms with E-state index in [9.17, 15) is 15.0 Å². The fraction of sp³-hybridized carbons (Fsp3) is 0.185. The molecule has 1 aromatic heterocycles. The van der Waals surface area contributed by atoms with Gasteiger partial charge in [-0.15, -0.1) is 0 Å². The molecule has 33 heavy (non-hydrogen) atoms. The van der Waals surface area contributed by atoms with Gasteiger partial charge >= 0.3 is 5.97 Å². The molecule has 0 aliphatic rings. The Morgan fingerprint density at radius 1 is 1.00 bits per heavy atom. The smallest absolute Gasteiger partial charge is 0.303 e. The van der Waals surface area contributed by atoms with Crippen molar-refractivity contribution in [3.63, 3.8) is 0 Å². The van der Waals surface area contributed by atoms with Crippen molar-refractivity contribution in [1.29, 1.82) is 0 Å². The third-order valence-corrected chi connectivity index (χ3v) is 5.63. The van der Waals surface area contributed by atoms with Crippen LogP contribution in [0.25, 0.3) is 22.0 Å². The van der Waals surface area contributed by atoms with Gasteiger partial charge in [-0.25, -0.2) is 0 Å². The number of rotatable bonds is 7. The Morgan fingerprint density at radius 3 is 2.45 bits per heavy atom. The fourth-order valence-corrected chi connectivity index (χ4v) is 4.19. The second-order valence-electron chi connectivity index (χ2n) is 8.21. The summed E-state index contributed by atoms with van der Waals surface area (Å²) in [6, 6.07) is 19.1. The zero-order chi connectivity index (χ0) is 23.5. The molecule has 0 amide bonds. The van der Waals surface area contributed by atoms with Gasteiger partial charge in [0, 0.05) is 30.1 Å². The second kappa shape index (κ2) is 9.20. The largest absolute Gasteiger partial charge is 0.505 e. The van der Waals surface area contributed by atoms with Crippen LogP contribution < -0.4 is 0 Å². The maximum absolute atomic E-state index is 10.9. The number of nitrogens with zero attached hydrogens (tertiary/aromatic N) is 2. The maximum Gasteiger partial charge on any atom is 0.303 e. The van der Waals surface area contributed by atoms with Crippen molar-refractivity contribution in [2.75, 3.05) is 0 Å². The third kappa shape index (κ3) is 4.60. The summed E-state index contributed by atoms with van der Waals surface area (Å²) < 4.78 is 1.70. The lowest BCUT2D eigenvalue weighted by molar-refractivity contribution is -0.137. The lowest BCUT2D eigenvalue weighted by atomic mass is 9.99. The molecule has 168 valence electrons. The first-order valence-corrected chi connectivity index (χ1v) is 10.8. The quantitative estimate of drug-likeness (QED) is 0.308. The topological polar surface area (TPSA) is 95.1 Å². The number of para-hydroxylation sites is 2. The van der Waals surface area contributed by atoms with Crippen LogP contribution in [0, 0.1) is 13.8 Å². The summed E-state index contributed by atoms with van der Waals surface area (Å²) in [5.41, 5.74) is 5.55. The molecule has 6 nitrogen and oxygen atoms in total. The Morgan fingerprint density at radius 2 is 1.73 bits per heavy atom. The van der Waals surface area contributed by atoms with Crippen molar-refractivity contribution in [2.45, 2.75) is 33.2 Å². The molecule has 1 heterocycles. The van der Waals surface area contributed by atoms with Crippen LogP contribution in [-0.4, -0.2) is 32.1 Å². The molecule has 0 bridgehead atoms. The molecular weight excluding hydrogens is 416 g/mol. The molecule has 6 heteroatoms. The molecule has 3 N–H and O–H groups in total. The Labute approximate surface area is 192 Å². The number of aliphatic carboxylic acids is 1. The summed E-state index contributed by atoms with van der Waals surface area (Å²) in [6.07, 6.45) is 1.97. The maximum atomic E-state index is 10.9. The molecule has 4 rings (SSSR count). The van der Waals surface area contributed by atoms with Crippen LogP contribution in [0.1, 0.15) is 29.5 Å². The Hall–Kier alpha value is -4.06. The molecule has 0 spiro atoms. The summed E-state index contributed by atoms with van der Waals surface area (Å²) in [5, 5.41) is 31.5. The summed E-state index contributed by atoms with van der Waals surface area (Å²) >= 11 is 0. The van der Waals surface area contributed by atoms with Gasteiger partial charge in [-0.2, -0.15) is 0 Å². The van der Waals surface area contributed by atoms with E-state index in [1.165, 1.54) is 0 Å². The van der Waals surface area contributed by atoms with E-state index in [1.807, 2.05) is 62.4 Å². The van der Waals surface area contributed by atoms with E-state index in [4.69, 9.17) is 5.11 Å². The molecule has 0 radical (unpaired) electrons. The van der Waals surface area contributed by atoms with Crippen LogP contribution in [0.3, 0.4) is 0 Å². The van der Waals surface area contributed by atoms with Gasteiger partial charge in [0.05, 0.1) is 11.1 Å². The lowest BCUT2D eigenvalue weighted by Crippen LogP contribution is -2.01.